The molecule has 170 valence electrons. The van der Waals surface area contributed by atoms with E-state index in [4.69, 9.17) is 0 Å². The molecule has 1 N–H and O–H groups in total. The van der Waals surface area contributed by atoms with E-state index in [9.17, 15) is 9.59 Å². The van der Waals surface area contributed by atoms with Gasteiger partial charge >= 0.3 is 0 Å². The van der Waals surface area contributed by atoms with E-state index in [0.29, 0.717) is 36.6 Å². The lowest BCUT2D eigenvalue weighted by Crippen LogP contribution is -2.33. The van der Waals surface area contributed by atoms with Gasteiger partial charge in [0.1, 0.15) is 6.54 Å². The van der Waals surface area contributed by atoms with Gasteiger partial charge in [-0.05, 0) is 64.1 Å². The van der Waals surface area contributed by atoms with Crippen molar-refractivity contribution in [1.82, 2.24) is 19.2 Å². The van der Waals surface area contributed by atoms with Gasteiger partial charge in [0.15, 0.2) is 0 Å². The summed E-state index contributed by atoms with van der Waals surface area (Å²) in [4.78, 5) is 27.4. The minimum atomic E-state index is -0.192. The van der Waals surface area contributed by atoms with Crippen LogP contribution < -0.4 is 5.32 Å². The number of carbonyl (C=O) groups excluding carboxylic acids is 2. The number of nitrogens with one attached hydrogen (secondary N) is 1. The van der Waals surface area contributed by atoms with Crippen molar-refractivity contribution in [1.29, 1.82) is 0 Å². The lowest BCUT2D eigenvalue weighted by molar-refractivity contribution is -0.131. The van der Waals surface area contributed by atoms with Gasteiger partial charge in [-0.1, -0.05) is 18.2 Å². The van der Waals surface area contributed by atoms with Crippen molar-refractivity contribution in [3.8, 4) is 5.69 Å². The molecule has 7 nitrogen and oxygen atoms in total. The summed E-state index contributed by atoms with van der Waals surface area (Å²) in [5.41, 5.74) is 4.61. The average molecular weight is 444 g/mol. The Labute approximate surface area is 193 Å². The van der Waals surface area contributed by atoms with Gasteiger partial charge < -0.3 is 14.8 Å². The maximum atomic E-state index is 13.1. The Balaban J connectivity index is 1.55. The molecule has 0 saturated heterocycles. The Bertz CT molecular complexity index is 1300. The topological polar surface area (TPSA) is 72.2 Å². The van der Waals surface area contributed by atoms with E-state index >= 15 is 0 Å². The number of hydrogen-bond acceptors (Lipinski definition) is 3. The van der Waals surface area contributed by atoms with Crippen LogP contribution in [0.2, 0.25) is 0 Å². The van der Waals surface area contributed by atoms with Gasteiger partial charge in [-0.2, -0.15) is 5.10 Å². The molecule has 0 aliphatic carbocycles. The smallest absolute Gasteiger partial charge is 0.259 e. The zero-order valence-electron chi connectivity index (χ0n) is 19.5. The van der Waals surface area contributed by atoms with Crippen LogP contribution in [0.5, 0.6) is 0 Å². The highest BCUT2D eigenvalue weighted by Crippen LogP contribution is 2.23. The van der Waals surface area contributed by atoms with E-state index in [1.165, 1.54) is 0 Å². The lowest BCUT2D eigenvalue weighted by Gasteiger charge is -2.19. The van der Waals surface area contributed by atoms with Gasteiger partial charge in [0.25, 0.3) is 5.91 Å². The maximum absolute atomic E-state index is 13.1. The molecule has 7 heteroatoms. The Kier molecular flexibility index (Phi) is 6.31. The van der Waals surface area contributed by atoms with Gasteiger partial charge in [-0.15, -0.1) is 0 Å². The molecule has 0 radical (unpaired) electrons. The summed E-state index contributed by atoms with van der Waals surface area (Å²) in [7, 11) is 0. The van der Waals surface area contributed by atoms with Crippen LogP contribution in [0.1, 0.15) is 35.6 Å². The zero-order chi connectivity index (χ0) is 23.5. The second-order valence-corrected chi connectivity index (χ2v) is 8.03. The Morgan fingerprint density at radius 2 is 1.73 bits per heavy atom. The van der Waals surface area contributed by atoms with E-state index in [1.807, 2.05) is 98.0 Å². The largest absolute Gasteiger partial charge is 0.342 e. The predicted molar refractivity (Wildman–Crippen MR) is 131 cm³/mol. The molecule has 2 heterocycles. The Morgan fingerprint density at radius 3 is 2.42 bits per heavy atom. The third-order valence-corrected chi connectivity index (χ3v) is 5.97. The zero-order valence-corrected chi connectivity index (χ0v) is 19.5. The molecular formula is C26H29N5O2. The Hall–Kier alpha value is -3.87. The van der Waals surface area contributed by atoms with E-state index < -0.39 is 0 Å². The van der Waals surface area contributed by atoms with Crippen molar-refractivity contribution >= 4 is 28.4 Å². The second-order valence-electron chi connectivity index (χ2n) is 8.03. The number of nitrogens with zero attached hydrogens (tertiary/aromatic N) is 4. The minimum absolute atomic E-state index is 0.0938. The van der Waals surface area contributed by atoms with E-state index in [2.05, 4.69) is 10.4 Å². The number of anilines is 1. The molecule has 0 bridgehead atoms. The standard InChI is InChI=1S/C26H29N5O2/c1-5-29(6-2)24(32)17-30-15-14-20-16-21(12-13-23(20)30)27-26(33)25-18(3)28-31(19(25)4)22-10-8-7-9-11-22/h7-16H,5-6,17H2,1-4H3,(H,27,33). The number of hydrogen-bond donors (Lipinski definition) is 1. The number of benzene rings is 2. The molecular weight excluding hydrogens is 414 g/mol. The fraction of sp³-hybridized carbons (Fsp3) is 0.269. The van der Waals surface area contributed by atoms with Crippen LogP contribution in [0, 0.1) is 13.8 Å². The summed E-state index contributed by atoms with van der Waals surface area (Å²) in [6.07, 6.45) is 1.91. The molecule has 0 atom stereocenters. The number of fused-ring (bicyclic) bond motifs is 1. The Morgan fingerprint density at radius 1 is 1.00 bits per heavy atom. The molecule has 2 amide bonds. The molecule has 4 aromatic rings. The first-order valence-electron chi connectivity index (χ1n) is 11.2. The number of amides is 2. The number of rotatable bonds is 7. The fourth-order valence-corrected chi connectivity index (χ4v) is 4.22. The molecule has 2 aromatic heterocycles. The van der Waals surface area contributed by atoms with E-state index in [0.717, 1.165) is 22.3 Å². The summed E-state index contributed by atoms with van der Waals surface area (Å²) in [6, 6.07) is 17.5. The molecule has 0 saturated carbocycles. The SMILES string of the molecule is CCN(CC)C(=O)Cn1ccc2cc(NC(=O)c3c(C)nn(-c4ccccc4)c3C)ccc21. The molecule has 0 fully saturated rings. The van der Waals surface area contributed by atoms with Crippen LogP contribution in [0.25, 0.3) is 16.6 Å². The van der Waals surface area contributed by atoms with Crippen molar-refractivity contribution in [2.75, 3.05) is 18.4 Å². The van der Waals surface area contributed by atoms with Crippen LogP contribution in [-0.2, 0) is 11.3 Å². The highest BCUT2D eigenvalue weighted by atomic mass is 16.2. The summed E-state index contributed by atoms with van der Waals surface area (Å²) in [5.74, 6) is -0.0982. The number of carbonyl (C=O) groups is 2. The molecule has 2 aromatic carbocycles. The van der Waals surface area contributed by atoms with Gasteiger partial charge in [0, 0.05) is 35.9 Å². The second kappa shape index (κ2) is 9.32. The number of para-hydroxylation sites is 1. The molecule has 0 spiro atoms. The van der Waals surface area contributed by atoms with Crippen LogP contribution in [0.15, 0.2) is 60.8 Å². The van der Waals surface area contributed by atoms with Gasteiger partial charge in [0.2, 0.25) is 5.91 Å². The summed E-state index contributed by atoms with van der Waals surface area (Å²) in [5, 5.41) is 8.54. The predicted octanol–water partition coefficient (Wildman–Crippen LogP) is 4.56. The van der Waals surface area contributed by atoms with Crippen molar-refractivity contribution in [2.45, 2.75) is 34.2 Å². The molecule has 4 rings (SSSR count). The van der Waals surface area contributed by atoms with Gasteiger partial charge in [-0.25, -0.2) is 4.68 Å². The van der Waals surface area contributed by atoms with E-state index in [-0.39, 0.29) is 11.8 Å². The highest BCUT2D eigenvalue weighted by Gasteiger charge is 2.20. The van der Waals surface area contributed by atoms with Gasteiger partial charge in [-0.3, -0.25) is 9.59 Å². The first kappa shape index (κ1) is 22.3. The highest BCUT2D eigenvalue weighted by molar-refractivity contribution is 6.06. The molecule has 0 aliphatic heterocycles. The van der Waals surface area contributed by atoms with Crippen LogP contribution in [0.4, 0.5) is 5.69 Å². The third-order valence-electron chi connectivity index (χ3n) is 5.97. The van der Waals surface area contributed by atoms with Crippen molar-refractivity contribution in [2.24, 2.45) is 0 Å². The van der Waals surface area contributed by atoms with E-state index in [1.54, 1.807) is 4.68 Å². The minimum Gasteiger partial charge on any atom is -0.342 e. The van der Waals surface area contributed by atoms with Crippen molar-refractivity contribution in [3.63, 3.8) is 0 Å². The maximum Gasteiger partial charge on any atom is 0.259 e. The summed E-state index contributed by atoms with van der Waals surface area (Å²) >= 11 is 0. The van der Waals surface area contributed by atoms with Crippen LogP contribution in [0.3, 0.4) is 0 Å². The molecule has 0 aliphatic rings. The third kappa shape index (κ3) is 4.39. The molecule has 33 heavy (non-hydrogen) atoms. The monoisotopic (exact) mass is 443 g/mol. The first-order chi connectivity index (χ1) is 15.9. The normalized spacial score (nSPS) is 11.0. The quantitative estimate of drug-likeness (QED) is 0.455. The summed E-state index contributed by atoms with van der Waals surface area (Å²) < 4.78 is 3.74. The van der Waals surface area contributed by atoms with Crippen molar-refractivity contribution in [3.05, 3.63) is 77.7 Å². The number of aromatic nitrogens is 3. The average Bonchev–Trinajstić information content (AvgIpc) is 3.34. The first-order valence-corrected chi connectivity index (χ1v) is 11.2. The van der Waals surface area contributed by atoms with Gasteiger partial charge in [0.05, 0.1) is 22.6 Å². The fourth-order valence-electron chi connectivity index (χ4n) is 4.22. The summed E-state index contributed by atoms with van der Waals surface area (Å²) in [6.45, 7) is 9.41. The number of aryl methyl sites for hydroxylation is 1. The number of likely N-dealkylation sites (N-methyl/N-ethyl adjacent to an activating group) is 1. The van der Waals surface area contributed by atoms with Crippen molar-refractivity contribution < 1.29 is 9.59 Å². The lowest BCUT2D eigenvalue weighted by atomic mass is 10.1. The van der Waals surface area contributed by atoms with Crippen LogP contribution >= 0.6 is 0 Å². The van der Waals surface area contributed by atoms with Crippen LogP contribution in [-0.4, -0.2) is 44.2 Å². The molecule has 0 unspecified atom stereocenters.